The maximum Gasteiger partial charge on any atom is 0.327 e. The van der Waals surface area contributed by atoms with Crippen molar-refractivity contribution >= 4 is 17.8 Å². The van der Waals surface area contributed by atoms with Crippen LogP contribution in [0.1, 0.15) is 41.4 Å². The molecule has 1 aromatic heterocycles. The summed E-state index contributed by atoms with van der Waals surface area (Å²) in [6.45, 7) is 5.10. The minimum atomic E-state index is -0.901. The first-order chi connectivity index (χ1) is 14.5. The number of aryl methyl sites for hydroxylation is 1. The van der Waals surface area contributed by atoms with Gasteiger partial charge >= 0.3 is 6.03 Å². The molecule has 0 atom stereocenters. The molecule has 0 N–H and O–H groups in total. The molecule has 2 aliphatic rings. The summed E-state index contributed by atoms with van der Waals surface area (Å²) in [5.41, 5.74) is 1.18. The standard InChI is InChI=1S/C22H25N5O3/c1-3-26-20(29)22(27(21(26)30)14-17-7-5-4-6-8-17)9-11-25(12-10-22)19(28)18-13-23-15-24-16(18)2/h4-8,13,15H,3,9-12,14H2,1-2H3. The number of nitrogens with zero attached hydrogens (tertiary/aromatic N) is 5. The molecule has 2 aliphatic heterocycles. The molecule has 2 aromatic rings. The Morgan fingerprint density at radius 2 is 1.83 bits per heavy atom. The van der Waals surface area contributed by atoms with Crippen molar-refractivity contribution in [2.24, 2.45) is 0 Å². The maximum absolute atomic E-state index is 13.3. The van der Waals surface area contributed by atoms with Gasteiger partial charge in [0.1, 0.15) is 11.9 Å². The summed E-state index contributed by atoms with van der Waals surface area (Å²) in [6.07, 6.45) is 3.78. The van der Waals surface area contributed by atoms with E-state index < -0.39 is 5.54 Å². The largest absolute Gasteiger partial charge is 0.338 e. The summed E-state index contributed by atoms with van der Waals surface area (Å²) in [5.74, 6) is -0.293. The molecule has 8 nitrogen and oxygen atoms in total. The molecule has 4 amide bonds. The van der Waals surface area contributed by atoms with E-state index in [0.717, 1.165) is 5.56 Å². The average Bonchev–Trinajstić information content (AvgIpc) is 2.96. The lowest BCUT2D eigenvalue weighted by molar-refractivity contribution is -0.135. The number of aromatic nitrogens is 2. The van der Waals surface area contributed by atoms with E-state index >= 15 is 0 Å². The van der Waals surface area contributed by atoms with Gasteiger partial charge in [0.25, 0.3) is 11.8 Å². The van der Waals surface area contributed by atoms with E-state index in [9.17, 15) is 14.4 Å². The third kappa shape index (κ3) is 3.22. The molecule has 1 aromatic carbocycles. The number of hydrogen-bond donors (Lipinski definition) is 0. The zero-order valence-corrected chi connectivity index (χ0v) is 17.2. The summed E-state index contributed by atoms with van der Waals surface area (Å²) >= 11 is 0. The molecule has 30 heavy (non-hydrogen) atoms. The normalized spacial score (nSPS) is 18.4. The van der Waals surface area contributed by atoms with Gasteiger partial charge in [-0.3, -0.25) is 14.5 Å². The first-order valence-electron chi connectivity index (χ1n) is 10.2. The topological polar surface area (TPSA) is 86.7 Å². The van der Waals surface area contributed by atoms with E-state index in [1.807, 2.05) is 37.3 Å². The van der Waals surface area contributed by atoms with Crippen LogP contribution in [-0.2, 0) is 11.3 Å². The third-order valence-electron chi connectivity index (χ3n) is 6.14. The zero-order chi connectivity index (χ0) is 21.3. The van der Waals surface area contributed by atoms with Crippen LogP contribution in [0, 0.1) is 6.92 Å². The first-order valence-corrected chi connectivity index (χ1v) is 10.2. The van der Waals surface area contributed by atoms with Gasteiger partial charge < -0.3 is 9.80 Å². The van der Waals surface area contributed by atoms with Gasteiger partial charge in [-0.2, -0.15) is 0 Å². The van der Waals surface area contributed by atoms with Gasteiger partial charge in [-0.1, -0.05) is 30.3 Å². The molecule has 0 bridgehead atoms. The number of urea groups is 1. The Labute approximate surface area is 175 Å². The minimum absolute atomic E-state index is 0.137. The second kappa shape index (κ2) is 7.85. The van der Waals surface area contributed by atoms with Gasteiger partial charge in [0, 0.05) is 32.4 Å². The second-order valence-electron chi connectivity index (χ2n) is 7.75. The van der Waals surface area contributed by atoms with Crippen molar-refractivity contribution in [3.63, 3.8) is 0 Å². The van der Waals surface area contributed by atoms with Gasteiger partial charge in [-0.15, -0.1) is 0 Å². The van der Waals surface area contributed by atoms with Gasteiger partial charge in [0.05, 0.1) is 11.3 Å². The Kier molecular flexibility index (Phi) is 5.24. The molecular formula is C22H25N5O3. The third-order valence-corrected chi connectivity index (χ3v) is 6.14. The Morgan fingerprint density at radius 1 is 1.13 bits per heavy atom. The van der Waals surface area contributed by atoms with Crippen molar-refractivity contribution in [1.29, 1.82) is 0 Å². The molecule has 4 rings (SSSR count). The number of benzene rings is 1. The van der Waals surface area contributed by atoms with Crippen molar-refractivity contribution in [2.75, 3.05) is 19.6 Å². The first kappa shape index (κ1) is 20.0. The molecule has 2 saturated heterocycles. The molecule has 1 spiro atoms. The number of carbonyl (C=O) groups excluding carboxylic acids is 3. The van der Waals surface area contributed by atoms with E-state index in [1.165, 1.54) is 17.4 Å². The van der Waals surface area contributed by atoms with Crippen LogP contribution in [0.3, 0.4) is 0 Å². The lowest BCUT2D eigenvalue weighted by atomic mass is 9.85. The van der Waals surface area contributed by atoms with Crippen molar-refractivity contribution in [3.8, 4) is 0 Å². The van der Waals surface area contributed by atoms with Crippen LogP contribution >= 0.6 is 0 Å². The van der Waals surface area contributed by atoms with E-state index in [0.29, 0.717) is 50.3 Å². The number of likely N-dealkylation sites (N-methyl/N-ethyl adjacent to an activating group) is 1. The van der Waals surface area contributed by atoms with Crippen molar-refractivity contribution in [1.82, 2.24) is 24.7 Å². The number of piperidine rings is 1. The van der Waals surface area contributed by atoms with Crippen LogP contribution in [0.5, 0.6) is 0 Å². The number of carbonyl (C=O) groups is 3. The Balaban J connectivity index is 1.57. The van der Waals surface area contributed by atoms with Crippen LogP contribution in [0.15, 0.2) is 42.9 Å². The van der Waals surface area contributed by atoms with Crippen molar-refractivity contribution in [3.05, 3.63) is 59.7 Å². The number of hydrogen-bond acceptors (Lipinski definition) is 5. The lowest BCUT2D eigenvalue weighted by Crippen LogP contribution is -2.57. The van der Waals surface area contributed by atoms with Crippen LogP contribution in [0.4, 0.5) is 4.79 Å². The Bertz CT molecular complexity index is 970. The van der Waals surface area contributed by atoms with Gasteiger partial charge in [0.2, 0.25) is 0 Å². The van der Waals surface area contributed by atoms with E-state index in [4.69, 9.17) is 0 Å². The molecule has 8 heteroatoms. The SMILES string of the molecule is CCN1C(=O)N(Cc2ccccc2)C2(CCN(C(=O)c3cncnc3C)CC2)C1=O. The summed E-state index contributed by atoms with van der Waals surface area (Å²) in [7, 11) is 0. The van der Waals surface area contributed by atoms with Crippen LogP contribution in [0.25, 0.3) is 0 Å². The average molecular weight is 407 g/mol. The highest BCUT2D eigenvalue weighted by Crippen LogP contribution is 2.38. The molecule has 3 heterocycles. The van der Waals surface area contributed by atoms with Crippen LogP contribution in [0.2, 0.25) is 0 Å². The fourth-order valence-electron chi connectivity index (χ4n) is 4.38. The predicted molar refractivity (Wildman–Crippen MR) is 109 cm³/mol. The Hall–Kier alpha value is -3.29. The zero-order valence-electron chi connectivity index (χ0n) is 17.2. The number of rotatable bonds is 4. The number of imide groups is 1. The monoisotopic (exact) mass is 407 g/mol. The van der Waals surface area contributed by atoms with Crippen LogP contribution in [-0.4, -0.2) is 67.7 Å². The minimum Gasteiger partial charge on any atom is -0.338 e. The Morgan fingerprint density at radius 3 is 2.47 bits per heavy atom. The van der Waals surface area contributed by atoms with Crippen molar-refractivity contribution in [2.45, 2.75) is 38.8 Å². The van der Waals surface area contributed by atoms with E-state index in [1.54, 1.807) is 16.7 Å². The summed E-state index contributed by atoms with van der Waals surface area (Å²) < 4.78 is 0. The van der Waals surface area contributed by atoms with Crippen LogP contribution < -0.4 is 0 Å². The number of likely N-dealkylation sites (tertiary alicyclic amines) is 1. The molecular weight excluding hydrogens is 382 g/mol. The maximum atomic E-state index is 13.3. The smallest absolute Gasteiger partial charge is 0.327 e. The molecule has 156 valence electrons. The fraction of sp³-hybridized carbons (Fsp3) is 0.409. The highest BCUT2D eigenvalue weighted by molar-refractivity contribution is 6.07. The highest BCUT2D eigenvalue weighted by Gasteiger charge is 2.57. The lowest BCUT2D eigenvalue weighted by Gasteiger charge is -2.42. The molecule has 0 unspecified atom stereocenters. The summed E-state index contributed by atoms with van der Waals surface area (Å²) in [6, 6.07) is 9.43. The molecule has 2 fully saturated rings. The number of amides is 4. The molecule has 0 saturated carbocycles. The fourth-order valence-corrected chi connectivity index (χ4v) is 4.38. The summed E-state index contributed by atoms with van der Waals surface area (Å²) in [5, 5.41) is 0. The van der Waals surface area contributed by atoms with E-state index in [-0.39, 0.29) is 17.8 Å². The quantitative estimate of drug-likeness (QED) is 0.726. The van der Waals surface area contributed by atoms with E-state index in [2.05, 4.69) is 9.97 Å². The van der Waals surface area contributed by atoms with Gasteiger partial charge in [-0.05, 0) is 32.3 Å². The molecule has 0 aliphatic carbocycles. The highest BCUT2D eigenvalue weighted by atomic mass is 16.2. The second-order valence-corrected chi connectivity index (χ2v) is 7.75. The molecule has 0 radical (unpaired) electrons. The van der Waals surface area contributed by atoms with Crippen molar-refractivity contribution < 1.29 is 14.4 Å². The summed E-state index contributed by atoms with van der Waals surface area (Å²) in [4.78, 5) is 52.1. The van der Waals surface area contributed by atoms with Gasteiger partial charge in [0.15, 0.2) is 0 Å². The van der Waals surface area contributed by atoms with Gasteiger partial charge in [-0.25, -0.2) is 14.8 Å². The predicted octanol–water partition coefficient (Wildman–Crippen LogP) is 2.24.